The summed E-state index contributed by atoms with van der Waals surface area (Å²) in [6, 6.07) is 12.5. The number of nitrogens with zero attached hydrogens (tertiary/aromatic N) is 3. The van der Waals surface area contributed by atoms with Crippen LogP contribution < -0.4 is 10.1 Å². The van der Waals surface area contributed by atoms with Gasteiger partial charge in [-0.15, -0.1) is 0 Å². The molecule has 1 heterocycles. The quantitative estimate of drug-likeness (QED) is 0.449. The largest absolute Gasteiger partial charge is 0.434 e. The van der Waals surface area contributed by atoms with Crippen LogP contribution in [0.3, 0.4) is 0 Å². The van der Waals surface area contributed by atoms with Gasteiger partial charge in [0.15, 0.2) is 0 Å². The van der Waals surface area contributed by atoms with Crippen LogP contribution in [-0.2, 0) is 6.42 Å². The van der Waals surface area contributed by atoms with Gasteiger partial charge in [-0.1, -0.05) is 36.7 Å². The smallest absolute Gasteiger partial charge is 0.373 e. The monoisotopic (exact) mass is 384 g/mol. The van der Waals surface area contributed by atoms with Crippen molar-refractivity contribution in [3.63, 3.8) is 0 Å². The van der Waals surface area contributed by atoms with Crippen LogP contribution in [0.1, 0.15) is 18.1 Å². The lowest BCUT2D eigenvalue weighted by Crippen LogP contribution is -2.04. The van der Waals surface area contributed by atoms with Gasteiger partial charge in [0.05, 0.1) is 4.92 Å². The highest BCUT2D eigenvalue weighted by atomic mass is 35.5. The fourth-order valence-corrected chi connectivity index (χ4v) is 2.68. The second-order valence-electron chi connectivity index (χ2n) is 5.78. The summed E-state index contributed by atoms with van der Waals surface area (Å²) >= 11 is 6.01. The summed E-state index contributed by atoms with van der Waals surface area (Å²) in [5, 5.41) is 15.3. The van der Waals surface area contributed by atoms with Gasteiger partial charge < -0.3 is 10.1 Å². The molecule has 0 aliphatic carbocycles. The van der Waals surface area contributed by atoms with Crippen molar-refractivity contribution in [2.45, 2.75) is 20.3 Å². The maximum atomic E-state index is 11.7. The molecular formula is C19H17ClN4O3. The van der Waals surface area contributed by atoms with E-state index in [9.17, 15) is 10.1 Å². The van der Waals surface area contributed by atoms with Gasteiger partial charge in [-0.2, -0.15) is 4.98 Å². The normalized spacial score (nSPS) is 10.5. The van der Waals surface area contributed by atoms with Crippen molar-refractivity contribution in [1.82, 2.24) is 9.97 Å². The number of anilines is 2. The van der Waals surface area contributed by atoms with Gasteiger partial charge >= 0.3 is 11.6 Å². The molecular weight excluding hydrogens is 368 g/mol. The summed E-state index contributed by atoms with van der Waals surface area (Å²) in [6.45, 7) is 3.82. The Bertz CT molecular complexity index is 994. The number of nitro groups is 1. The zero-order valence-electron chi connectivity index (χ0n) is 14.8. The summed E-state index contributed by atoms with van der Waals surface area (Å²) < 4.78 is 5.65. The Hall–Kier alpha value is -3.19. The molecule has 0 aliphatic heterocycles. The molecule has 0 aliphatic rings. The lowest BCUT2D eigenvalue weighted by atomic mass is 10.1. The first-order chi connectivity index (χ1) is 13.0. The first kappa shape index (κ1) is 18.6. The molecule has 0 spiro atoms. The van der Waals surface area contributed by atoms with Crippen LogP contribution in [-0.4, -0.2) is 14.9 Å². The van der Waals surface area contributed by atoms with Crippen LogP contribution in [0.2, 0.25) is 5.02 Å². The predicted molar refractivity (Wildman–Crippen MR) is 104 cm³/mol. The van der Waals surface area contributed by atoms with E-state index in [4.69, 9.17) is 16.3 Å². The first-order valence-electron chi connectivity index (χ1n) is 8.28. The number of para-hydroxylation sites is 1. The molecule has 2 aromatic carbocycles. The molecule has 0 bridgehead atoms. The molecule has 7 nitrogen and oxygen atoms in total. The van der Waals surface area contributed by atoms with E-state index in [1.165, 1.54) is 6.33 Å². The molecule has 1 N–H and O–H groups in total. The number of ether oxygens (including phenoxy) is 1. The van der Waals surface area contributed by atoms with Crippen molar-refractivity contribution in [2.75, 3.05) is 5.32 Å². The molecule has 0 saturated heterocycles. The van der Waals surface area contributed by atoms with Crippen LogP contribution in [0, 0.1) is 17.0 Å². The number of hydrogen-bond acceptors (Lipinski definition) is 6. The summed E-state index contributed by atoms with van der Waals surface area (Å²) in [5.41, 5.74) is 2.22. The fourth-order valence-electron chi connectivity index (χ4n) is 2.56. The van der Waals surface area contributed by atoms with E-state index in [1.807, 2.05) is 38.1 Å². The van der Waals surface area contributed by atoms with Crippen molar-refractivity contribution in [2.24, 2.45) is 0 Å². The standard InChI is InChI=1S/C19H17ClN4O3/c1-3-13-6-4-5-7-16(13)23-18-17(24(25)26)19(22-11-21-18)27-14-8-9-15(20)12(2)10-14/h4-11H,3H2,1-2H3,(H,21,22,23). The van der Waals surface area contributed by atoms with Gasteiger partial charge in [0.1, 0.15) is 12.1 Å². The lowest BCUT2D eigenvalue weighted by Gasteiger charge is -2.12. The van der Waals surface area contributed by atoms with E-state index in [1.54, 1.807) is 18.2 Å². The minimum atomic E-state index is -0.561. The van der Waals surface area contributed by atoms with Crippen molar-refractivity contribution in [1.29, 1.82) is 0 Å². The molecule has 138 valence electrons. The van der Waals surface area contributed by atoms with E-state index in [-0.39, 0.29) is 17.4 Å². The molecule has 0 saturated carbocycles. The number of benzene rings is 2. The van der Waals surface area contributed by atoms with Crippen LogP contribution >= 0.6 is 11.6 Å². The van der Waals surface area contributed by atoms with E-state index >= 15 is 0 Å². The number of rotatable bonds is 6. The number of aryl methyl sites for hydroxylation is 2. The minimum Gasteiger partial charge on any atom is -0.434 e. The van der Waals surface area contributed by atoms with Crippen molar-refractivity contribution >= 4 is 28.8 Å². The third-order valence-corrected chi connectivity index (χ3v) is 4.39. The Kier molecular flexibility index (Phi) is 5.52. The van der Waals surface area contributed by atoms with Crippen LogP contribution in [0.4, 0.5) is 17.2 Å². The van der Waals surface area contributed by atoms with Gasteiger partial charge in [-0.25, -0.2) is 4.98 Å². The zero-order chi connectivity index (χ0) is 19.4. The van der Waals surface area contributed by atoms with Gasteiger partial charge in [-0.05, 0) is 48.7 Å². The number of aromatic nitrogens is 2. The summed E-state index contributed by atoms with van der Waals surface area (Å²) in [6.07, 6.45) is 2.00. The lowest BCUT2D eigenvalue weighted by molar-refractivity contribution is -0.385. The topological polar surface area (TPSA) is 90.2 Å². The fraction of sp³-hybridized carbons (Fsp3) is 0.158. The zero-order valence-corrected chi connectivity index (χ0v) is 15.5. The van der Waals surface area contributed by atoms with Gasteiger partial charge in [0, 0.05) is 10.7 Å². The number of halogens is 1. The second-order valence-corrected chi connectivity index (χ2v) is 6.19. The molecule has 1 aromatic heterocycles. The molecule has 3 rings (SSSR count). The van der Waals surface area contributed by atoms with Gasteiger partial charge in [0.25, 0.3) is 0 Å². The van der Waals surface area contributed by atoms with Gasteiger partial charge in [0.2, 0.25) is 5.82 Å². The maximum absolute atomic E-state index is 11.7. The van der Waals surface area contributed by atoms with Crippen LogP contribution in [0.25, 0.3) is 0 Å². The Labute approximate surface area is 161 Å². The maximum Gasteiger partial charge on any atom is 0.373 e. The highest BCUT2D eigenvalue weighted by Gasteiger charge is 2.25. The summed E-state index contributed by atoms with van der Waals surface area (Å²) in [7, 11) is 0. The van der Waals surface area contributed by atoms with E-state index in [0.29, 0.717) is 10.8 Å². The summed E-state index contributed by atoms with van der Waals surface area (Å²) in [4.78, 5) is 19.1. The Morgan fingerprint density at radius 3 is 2.70 bits per heavy atom. The number of nitrogens with one attached hydrogen (secondary N) is 1. The molecule has 0 amide bonds. The summed E-state index contributed by atoms with van der Waals surface area (Å²) in [5.74, 6) is 0.323. The average Bonchev–Trinajstić information content (AvgIpc) is 2.65. The van der Waals surface area contributed by atoms with Crippen LogP contribution in [0.5, 0.6) is 11.6 Å². The first-order valence-corrected chi connectivity index (χ1v) is 8.65. The highest BCUT2D eigenvalue weighted by Crippen LogP contribution is 2.36. The Morgan fingerprint density at radius 2 is 2.00 bits per heavy atom. The molecule has 0 atom stereocenters. The minimum absolute atomic E-state index is 0.0663. The van der Waals surface area contributed by atoms with Gasteiger partial charge in [-0.3, -0.25) is 10.1 Å². The molecule has 8 heteroatoms. The third kappa shape index (κ3) is 4.15. The van der Waals surface area contributed by atoms with Crippen molar-refractivity contribution in [3.8, 4) is 11.6 Å². The van der Waals surface area contributed by atoms with E-state index in [0.717, 1.165) is 23.2 Å². The highest BCUT2D eigenvalue weighted by molar-refractivity contribution is 6.31. The Morgan fingerprint density at radius 1 is 1.22 bits per heavy atom. The number of hydrogen-bond donors (Lipinski definition) is 1. The van der Waals surface area contributed by atoms with E-state index in [2.05, 4.69) is 15.3 Å². The second kappa shape index (κ2) is 8.01. The average molecular weight is 385 g/mol. The molecule has 0 radical (unpaired) electrons. The Balaban J connectivity index is 1.99. The van der Waals surface area contributed by atoms with Crippen LogP contribution in [0.15, 0.2) is 48.8 Å². The predicted octanol–water partition coefficient (Wildman–Crippen LogP) is 5.44. The molecule has 3 aromatic rings. The molecule has 0 fully saturated rings. The SMILES string of the molecule is CCc1ccccc1Nc1ncnc(Oc2ccc(Cl)c(C)c2)c1[N+](=O)[O-]. The van der Waals surface area contributed by atoms with E-state index < -0.39 is 4.92 Å². The van der Waals surface area contributed by atoms with Crippen molar-refractivity contribution < 1.29 is 9.66 Å². The van der Waals surface area contributed by atoms with Crippen molar-refractivity contribution in [3.05, 3.63) is 75.1 Å². The third-order valence-electron chi connectivity index (χ3n) is 3.97. The molecule has 0 unspecified atom stereocenters. The molecule has 27 heavy (non-hydrogen) atoms.